The van der Waals surface area contributed by atoms with Crippen LogP contribution in [0.4, 0.5) is 4.39 Å². The summed E-state index contributed by atoms with van der Waals surface area (Å²) >= 11 is 1.69. The number of ether oxygens (including phenoxy) is 1. The van der Waals surface area contributed by atoms with Crippen molar-refractivity contribution in [3.05, 3.63) is 84.2 Å². The molecule has 4 aromatic rings. The second kappa shape index (κ2) is 9.05. The molecule has 4 rings (SSSR count). The molecule has 1 heterocycles. The number of halogens is 1. The molecule has 152 valence electrons. The lowest BCUT2D eigenvalue weighted by atomic mass is 10.1. The zero-order chi connectivity index (χ0) is 20.9. The summed E-state index contributed by atoms with van der Waals surface area (Å²) in [6.45, 7) is 0.502. The first-order chi connectivity index (χ1) is 14.7. The van der Waals surface area contributed by atoms with E-state index in [2.05, 4.69) is 22.4 Å². The van der Waals surface area contributed by atoms with E-state index < -0.39 is 0 Å². The van der Waals surface area contributed by atoms with Gasteiger partial charge in [0.05, 0.1) is 12.8 Å². The van der Waals surface area contributed by atoms with Crippen LogP contribution in [0.1, 0.15) is 10.4 Å². The third-order valence-electron chi connectivity index (χ3n) is 4.78. The minimum absolute atomic E-state index is 0.204. The smallest absolute Gasteiger partial charge is 0.251 e. The van der Waals surface area contributed by atoms with Gasteiger partial charge in [0.15, 0.2) is 0 Å². The van der Waals surface area contributed by atoms with Gasteiger partial charge in [-0.1, -0.05) is 18.2 Å². The first-order valence-electron chi connectivity index (χ1n) is 9.57. The van der Waals surface area contributed by atoms with Crippen molar-refractivity contribution >= 4 is 28.6 Å². The summed E-state index contributed by atoms with van der Waals surface area (Å²) in [6, 6.07) is 21.7. The van der Waals surface area contributed by atoms with Gasteiger partial charge in [-0.25, -0.2) is 4.39 Å². The van der Waals surface area contributed by atoms with E-state index in [0.717, 1.165) is 32.8 Å². The van der Waals surface area contributed by atoms with Crippen LogP contribution in [0.3, 0.4) is 0 Å². The molecule has 0 aliphatic rings. The number of para-hydroxylation sites is 1. The normalized spacial score (nSPS) is 10.9. The van der Waals surface area contributed by atoms with Crippen LogP contribution in [-0.2, 0) is 0 Å². The van der Waals surface area contributed by atoms with Gasteiger partial charge in [0, 0.05) is 33.7 Å². The van der Waals surface area contributed by atoms with E-state index in [4.69, 9.17) is 4.74 Å². The van der Waals surface area contributed by atoms with Gasteiger partial charge in [0.2, 0.25) is 0 Å². The molecule has 0 aliphatic carbocycles. The Hall–Kier alpha value is -3.25. The average Bonchev–Trinajstić information content (AvgIpc) is 3.15. The number of rotatable bonds is 7. The highest BCUT2D eigenvalue weighted by Gasteiger charge is 2.14. The number of carbonyl (C=O) groups excluding carboxylic acids is 1. The first kappa shape index (κ1) is 20.0. The van der Waals surface area contributed by atoms with Crippen molar-refractivity contribution in [3.8, 4) is 17.0 Å². The standard InChI is InChI=1S/C24H21FN2O2S/c1-29-19-12-8-16(9-13-19)22-23(20-4-2-3-5-21(20)27-22)30-15-14-26-24(28)17-6-10-18(25)11-7-17/h2-13,27H,14-15H2,1H3,(H,26,28). The lowest BCUT2D eigenvalue weighted by Gasteiger charge is -2.08. The van der Waals surface area contributed by atoms with Crippen molar-refractivity contribution in [1.29, 1.82) is 0 Å². The van der Waals surface area contributed by atoms with Gasteiger partial charge in [-0.05, 0) is 60.2 Å². The molecule has 0 spiro atoms. The molecule has 3 aromatic carbocycles. The van der Waals surface area contributed by atoms with Gasteiger partial charge in [0.25, 0.3) is 5.91 Å². The van der Waals surface area contributed by atoms with Crippen molar-refractivity contribution in [1.82, 2.24) is 10.3 Å². The van der Waals surface area contributed by atoms with Crippen molar-refractivity contribution in [2.75, 3.05) is 19.4 Å². The van der Waals surface area contributed by atoms with E-state index in [0.29, 0.717) is 17.9 Å². The fourth-order valence-corrected chi connectivity index (χ4v) is 4.30. The van der Waals surface area contributed by atoms with Crippen molar-refractivity contribution in [2.45, 2.75) is 4.90 Å². The first-order valence-corrected chi connectivity index (χ1v) is 10.6. The van der Waals surface area contributed by atoms with E-state index in [-0.39, 0.29) is 11.7 Å². The number of aromatic nitrogens is 1. The monoisotopic (exact) mass is 420 g/mol. The summed E-state index contributed by atoms with van der Waals surface area (Å²) in [5.41, 5.74) is 3.65. The zero-order valence-electron chi connectivity index (χ0n) is 16.4. The minimum Gasteiger partial charge on any atom is -0.497 e. The fourth-order valence-electron chi connectivity index (χ4n) is 3.25. The van der Waals surface area contributed by atoms with Crippen LogP contribution in [0, 0.1) is 5.82 Å². The van der Waals surface area contributed by atoms with Gasteiger partial charge < -0.3 is 15.0 Å². The largest absolute Gasteiger partial charge is 0.497 e. The van der Waals surface area contributed by atoms with Crippen molar-refractivity contribution in [2.24, 2.45) is 0 Å². The number of H-pyrrole nitrogens is 1. The van der Waals surface area contributed by atoms with E-state index in [9.17, 15) is 9.18 Å². The summed E-state index contributed by atoms with van der Waals surface area (Å²) in [4.78, 5) is 16.9. The number of hydrogen-bond acceptors (Lipinski definition) is 3. The molecule has 6 heteroatoms. The molecule has 0 atom stereocenters. The number of amides is 1. The lowest BCUT2D eigenvalue weighted by Crippen LogP contribution is -2.25. The molecule has 0 unspecified atom stereocenters. The molecule has 4 nitrogen and oxygen atoms in total. The second-order valence-corrected chi connectivity index (χ2v) is 7.82. The van der Waals surface area contributed by atoms with Crippen LogP contribution in [0.25, 0.3) is 22.2 Å². The molecule has 2 N–H and O–H groups in total. The Morgan fingerprint density at radius 3 is 2.50 bits per heavy atom. The molecule has 0 aliphatic heterocycles. The number of benzene rings is 3. The Bertz CT molecular complexity index is 1150. The maximum Gasteiger partial charge on any atom is 0.251 e. The van der Waals surface area contributed by atoms with Crippen LogP contribution in [-0.4, -0.2) is 30.3 Å². The molecular weight excluding hydrogens is 399 g/mol. The summed E-state index contributed by atoms with van der Waals surface area (Å²) in [6.07, 6.45) is 0. The molecule has 30 heavy (non-hydrogen) atoms. The summed E-state index contributed by atoms with van der Waals surface area (Å²) in [5.74, 6) is 0.961. The van der Waals surface area contributed by atoms with Crippen LogP contribution in [0.5, 0.6) is 5.75 Å². The number of aromatic amines is 1. The highest BCUT2D eigenvalue weighted by molar-refractivity contribution is 7.99. The van der Waals surface area contributed by atoms with Gasteiger partial charge >= 0.3 is 0 Å². The quantitative estimate of drug-likeness (QED) is 0.306. The van der Waals surface area contributed by atoms with Crippen LogP contribution in [0.2, 0.25) is 0 Å². The number of carbonyl (C=O) groups is 1. The summed E-state index contributed by atoms with van der Waals surface area (Å²) < 4.78 is 18.3. The zero-order valence-corrected chi connectivity index (χ0v) is 17.3. The van der Waals surface area contributed by atoms with Crippen LogP contribution < -0.4 is 10.1 Å². The third-order valence-corrected chi connectivity index (χ3v) is 5.90. The Morgan fingerprint density at radius 2 is 1.77 bits per heavy atom. The SMILES string of the molecule is COc1ccc(-c2[nH]c3ccccc3c2SCCNC(=O)c2ccc(F)cc2)cc1. The second-order valence-electron chi connectivity index (χ2n) is 6.71. The van der Waals surface area contributed by atoms with Crippen LogP contribution in [0.15, 0.2) is 77.7 Å². The van der Waals surface area contributed by atoms with Crippen LogP contribution >= 0.6 is 11.8 Å². The number of fused-ring (bicyclic) bond motifs is 1. The highest BCUT2D eigenvalue weighted by Crippen LogP contribution is 2.38. The number of hydrogen-bond donors (Lipinski definition) is 2. The Labute approximate surface area is 178 Å². The lowest BCUT2D eigenvalue weighted by molar-refractivity contribution is 0.0956. The Kier molecular flexibility index (Phi) is 6.05. The number of thioether (sulfide) groups is 1. The molecule has 1 aromatic heterocycles. The molecular formula is C24H21FN2O2S. The number of nitrogens with one attached hydrogen (secondary N) is 2. The Morgan fingerprint density at radius 1 is 1.03 bits per heavy atom. The van der Waals surface area contributed by atoms with Crippen molar-refractivity contribution < 1.29 is 13.9 Å². The van der Waals surface area contributed by atoms with Gasteiger partial charge in [-0.15, -0.1) is 11.8 Å². The number of methoxy groups -OCH3 is 1. The van der Waals surface area contributed by atoms with Crippen molar-refractivity contribution in [3.63, 3.8) is 0 Å². The topological polar surface area (TPSA) is 54.1 Å². The maximum atomic E-state index is 13.0. The van der Waals surface area contributed by atoms with E-state index in [1.54, 1.807) is 18.9 Å². The summed E-state index contributed by atoms with van der Waals surface area (Å²) in [7, 11) is 1.65. The third kappa shape index (κ3) is 4.33. The maximum absolute atomic E-state index is 13.0. The predicted molar refractivity (Wildman–Crippen MR) is 120 cm³/mol. The minimum atomic E-state index is -0.354. The van der Waals surface area contributed by atoms with Gasteiger partial charge in [0.1, 0.15) is 11.6 Å². The average molecular weight is 421 g/mol. The molecule has 0 bridgehead atoms. The van der Waals surface area contributed by atoms with Gasteiger partial charge in [-0.3, -0.25) is 4.79 Å². The van der Waals surface area contributed by atoms with E-state index in [1.165, 1.54) is 24.3 Å². The fraction of sp³-hybridized carbons (Fsp3) is 0.125. The molecule has 0 saturated heterocycles. The van der Waals surface area contributed by atoms with E-state index in [1.807, 2.05) is 36.4 Å². The summed E-state index contributed by atoms with van der Waals surface area (Å²) in [5, 5.41) is 4.05. The van der Waals surface area contributed by atoms with Gasteiger partial charge in [-0.2, -0.15) is 0 Å². The molecule has 0 fully saturated rings. The molecule has 0 radical (unpaired) electrons. The molecule has 0 saturated carbocycles. The highest BCUT2D eigenvalue weighted by atomic mass is 32.2. The predicted octanol–water partition coefficient (Wildman–Crippen LogP) is 5.50. The molecule has 1 amide bonds. The Balaban J connectivity index is 1.49. The van der Waals surface area contributed by atoms with E-state index >= 15 is 0 Å².